The van der Waals surface area contributed by atoms with Crippen LogP contribution >= 0.6 is 0 Å². The number of carbonyl (C=O) groups is 2. The zero-order chi connectivity index (χ0) is 15.4. The molecule has 0 unspecified atom stereocenters. The predicted octanol–water partition coefficient (Wildman–Crippen LogP) is 2.38. The van der Waals surface area contributed by atoms with Gasteiger partial charge in [-0.2, -0.15) is 0 Å². The molecule has 21 heavy (non-hydrogen) atoms. The number of carbonyl (C=O) groups excluding carboxylic acids is 1. The molecule has 1 aromatic heterocycles. The second-order valence-corrected chi connectivity index (χ2v) is 4.35. The lowest BCUT2D eigenvalue weighted by atomic mass is 10.2. The molecule has 0 spiro atoms. The summed E-state index contributed by atoms with van der Waals surface area (Å²) in [5, 5.41) is 17.6. The molecule has 2 aromatic rings. The molecule has 0 amide bonds. The number of carboxylic acid groups (broad SMARTS) is 1. The van der Waals surface area contributed by atoms with Crippen LogP contribution in [0.1, 0.15) is 16.1 Å². The predicted molar refractivity (Wildman–Crippen MR) is 72.6 cm³/mol. The van der Waals surface area contributed by atoms with Crippen molar-refractivity contribution in [3.63, 3.8) is 0 Å². The van der Waals surface area contributed by atoms with E-state index >= 15 is 0 Å². The summed E-state index contributed by atoms with van der Waals surface area (Å²) in [7, 11) is 0. The summed E-state index contributed by atoms with van der Waals surface area (Å²) in [5.74, 6) is -3.63. The topological polar surface area (TPSA) is 79.5 Å². The molecule has 108 valence electrons. The molecular weight excluding hydrogens is 277 g/mol. The number of rotatable bonds is 5. The highest BCUT2D eigenvalue weighted by Gasteiger charge is 2.13. The first-order chi connectivity index (χ1) is 9.97. The van der Waals surface area contributed by atoms with Crippen molar-refractivity contribution in [3.8, 4) is 0 Å². The van der Waals surface area contributed by atoms with Crippen molar-refractivity contribution in [2.45, 2.75) is 6.54 Å². The van der Waals surface area contributed by atoms with Crippen LogP contribution in [0, 0.1) is 5.82 Å². The molecule has 0 aliphatic carbocycles. The molecule has 0 saturated carbocycles. The maximum Gasteiger partial charge on any atom is 0.371 e. The third-order valence-corrected chi connectivity index (χ3v) is 2.81. The van der Waals surface area contributed by atoms with Crippen LogP contribution in [0.2, 0.25) is 0 Å². The number of carboxylic acids is 1. The summed E-state index contributed by atoms with van der Waals surface area (Å²) in [6.45, 7) is 0.257. The molecule has 0 aliphatic rings. The fraction of sp³-hybridized carbons (Fsp3) is 0.0667. The van der Waals surface area contributed by atoms with Gasteiger partial charge in [-0.25, -0.2) is 9.18 Å². The Kier molecular flexibility index (Phi) is 4.18. The molecule has 5 nitrogen and oxygen atoms in total. The van der Waals surface area contributed by atoms with Gasteiger partial charge in [-0.15, -0.1) is 0 Å². The van der Waals surface area contributed by atoms with Crippen molar-refractivity contribution in [1.82, 2.24) is 4.57 Å². The average molecular weight is 289 g/mol. The van der Waals surface area contributed by atoms with E-state index in [4.69, 9.17) is 10.2 Å². The first kappa shape index (κ1) is 14.5. The number of halogens is 1. The quantitative estimate of drug-likeness (QED) is 0.503. The van der Waals surface area contributed by atoms with Gasteiger partial charge in [0.05, 0.1) is 5.69 Å². The van der Waals surface area contributed by atoms with Gasteiger partial charge in [-0.3, -0.25) is 4.79 Å². The Hall–Kier alpha value is -2.89. The Morgan fingerprint density at radius 1 is 1.19 bits per heavy atom. The Bertz CT molecular complexity index is 718. The number of nitrogens with zero attached hydrogens (tertiary/aromatic N) is 1. The van der Waals surface area contributed by atoms with Crippen LogP contribution in [0.3, 0.4) is 0 Å². The van der Waals surface area contributed by atoms with Gasteiger partial charge in [0.15, 0.2) is 0 Å². The van der Waals surface area contributed by atoms with Crippen LogP contribution in [0.5, 0.6) is 0 Å². The van der Waals surface area contributed by atoms with E-state index in [1.807, 2.05) is 0 Å². The van der Waals surface area contributed by atoms with Crippen LogP contribution < -0.4 is 0 Å². The highest BCUT2D eigenvalue weighted by atomic mass is 19.1. The van der Waals surface area contributed by atoms with Gasteiger partial charge in [0.2, 0.25) is 11.5 Å². The summed E-state index contributed by atoms with van der Waals surface area (Å²) in [4.78, 5) is 22.4. The molecule has 1 heterocycles. The summed E-state index contributed by atoms with van der Waals surface area (Å²) in [5.41, 5.74) is 0.860. The Labute approximate surface area is 119 Å². The molecule has 1 aromatic carbocycles. The first-order valence-corrected chi connectivity index (χ1v) is 6.05. The zero-order valence-electron chi connectivity index (χ0n) is 10.9. The van der Waals surface area contributed by atoms with E-state index < -0.39 is 17.5 Å². The van der Waals surface area contributed by atoms with Gasteiger partial charge >= 0.3 is 5.97 Å². The van der Waals surface area contributed by atoms with Crippen molar-refractivity contribution >= 4 is 11.8 Å². The lowest BCUT2D eigenvalue weighted by molar-refractivity contribution is -0.135. The second-order valence-electron chi connectivity index (χ2n) is 4.35. The van der Waals surface area contributed by atoms with E-state index in [0.717, 1.165) is 0 Å². The summed E-state index contributed by atoms with van der Waals surface area (Å²) < 4.78 is 14.7. The van der Waals surface area contributed by atoms with Crippen molar-refractivity contribution in [2.75, 3.05) is 0 Å². The summed E-state index contributed by atoms with van der Waals surface area (Å²) >= 11 is 0. The standard InChI is InChI=1S/C15H12FNO4/c16-11-4-1-3-10(7-11)9-17-6-2-5-12(17)13(18)8-14(19)15(20)21/h1-8,19H,9H2,(H,20,21). The molecule has 0 atom stereocenters. The van der Waals surface area contributed by atoms with E-state index in [9.17, 15) is 14.0 Å². The number of aliphatic hydroxyl groups excluding tert-OH is 1. The smallest absolute Gasteiger partial charge is 0.371 e. The molecule has 0 saturated heterocycles. The zero-order valence-corrected chi connectivity index (χ0v) is 10.9. The average Bonchev–Trinajstić information content (AvgIpc) is 2.86. The monoisotopic (exact) mass is 289 g/mol. The van der Waals surface area contributed by atoms with E-state index in [0.29, 0.717) is 11.6 Å². The Balaban J connectivity index is 2.25. The molecule has 2 rings (SSSR count). The number of aromatic nitrogens is 1. The Morgan fingerprint density at radius 2 is 1.95 bits per heavy atom. The molecule has 0 fully saturated rings. The van der Waals surface area contributed by atoms with E-state index in [-0.39, 0.29) is 18.1 Å². The van der Waals surface area contributed by atoms with E-state index in [1.54, 1.807) is 29.0 Å². The normalized spacial score (nSPS) is 11.4. The van der Waals surface area contributed by atoms with Gasteiger partial charge in [-0.05, 0) is 29.8 Å². The van der Waals surface area contributed by atoms with Crippen molar-refractivity contribution < 1.29 is 24.2 Å². The third-order valence-electron chi connectivity index (χ3n) is 2.81. The van der Waals surface area contributed by atoms with Crippen LogP contribution in [-0.2, 0) is 11.3 Å². The summed E-state index contributed by atoms with van der Waals surface area (Å²) in [6.07, 6.45) is 2.25. The minimum Gasteiger partial charge on any atom is -0.502 e. The van der Waals surface area contributed by atoms with Crippen molar-refractivity contribution in [2.24, 2.45) is 0 Å². The number of allylic oxidation sites excluding steroid dienone is 1. The molecule has 0 bridgehead atoms. The number of aliphatic carboxylic acids is 1. The summed E-state index contributed by atoms with van der Waals surface area (Å²) in [6, 6.07) is 9.04. The first-order valence-electron chi connectivity index (χ1n) is 6.05. The number of ketones is 1. The lowest BCUT2D eigenvalue weighted by Crippen LogP contribution is -2.10. The van der Waals surface area contributed by atoms with Crippen LogP contribution in [-0.4, -0.2) is 26.5 Å². The molecule has 2 N–H and O–H groups in total. The van der Waals surface area contributed by atoms with Gasteiger partial charge < -0.3 is 14.8 Å². The number of hydrogen-bond donors (Lipinski definition) is 2. The van der Waals surface area contributed by atoms with Crippen LogP contribution in [0.15, 0.2) is 54.4 Å². The maximum absolute atomic E-state index is 13.1. The van der Waals surface area contributed by atoms with Crippen LogP contribution in [0.25, 0.3) is 0 Å². The number of hydrogen-bond acceptors (Lipinski definition) is 3. The highest BCUT2D eigenvalue weighted by Crippen LogP contribution is 2.11. The van der Waals surface area contributed by atoms with Gasteiger partial charge in [0, 0.05) is 18.8 Å². The second kappa shape index (κ2) is 6.04. The highest BCUT2D eigenvalue weighted by molar-refractivity contribution is 6.06. The number of aliphatic hydroxyl groups is 1. The van der Waals surface area contributed by atoms with Gasteiger partial charge in [0.1, 0.15) is 5.82 Å². The minimum atomic E-state index is -1.58. The number of benzene rings is 1. The molecule has 6 heteroatoms. The van der Waals surface area contributed by atoms with Crippen molar-refractivity contribution in [1.29, 1.82) is 0 Å². The van der Waals surface area contributed by atoms with Gasteiger partial charge in [0.25, 0.3) is 0 Å². The molecule has 0 radical (unpaired) electrons. The SMILES string of the molecule is O=C(O)C(O)=CC(=O)c1cccn1Cc1cccc(F)c1. The minimum absolute atomic E-state index is 0.201. The largest absolute Gasteiger partial charge is 0.502 e. The fourth-order valence-electron chi connectivity index (χ4n) is 1.87. The van der Waals surface area contributed by atoms with E-state index in [2.05, 4.69) is 0 Å². The van der Waals surface area contributed by atoms with Gasteiger partial charge in [-0.1, -0.05) is 12.1 Å². The van der Waals surface area contributed by atoms with Crippen molar-refractivity contribution in [3.05, 3.63) is 71.5 Å². The van der Waals surface area contributed by atoms with Crippen LogP contribution in [0.4, 0.5) is 4.39 Å². The Morgan fingerprint density at radius 3 is 2.62 bits per heavy atom. The fourth-order valence-corrected chi connectivity index (χ4v) is 1.87. The molecule has 0 aliphatic heterocycles. The van der Waals surface area contributed by atoms with E-state index in [1.165, 1.54) is 18.2 Å². The lowest BCUT2D eigenvalue weighted by Gasteiger charge is -2.07. The molecular formula is C15H12FNO4. The third kappa shape index (κ3) is 3.56. The maximum atomic E-state index is 13.1.